The molecule has 1 aromatic heterocycles. The standard InChI is InChI=1S/C33H38N6O2/c1-5-30(40)39-17-16-38(20-26(39)19-34-3)32-28-14-13-24(27-10-6-8-23-12-11-22(2)31(23)27)18-29(28)35-33(36-32)41-21-25-9-7-15-37(25)4/h5-6,8,10,13-14,18,22,25-26H,1,7,9,11-12,15-17,19-21H2,2,4H3/t22?,25-,26-/m0/s1. The number of carbonyl (C=O) groups is 1. The predicted molar refractivity (Wildman–Crippen MR) is 162 cm³/mol. The summed E-state index contributed by atoms with van der Waals surface area (Å²) >= 11 is 0. The lowest BCUT2D eigenvalue weighted by atomic mass is 9.92. The Hall–Kier alpha value is -3.96. The van der Waals surface area contributed by atoms with Crippen molar-refractivity contribution in [2.45, 2.75) is 50.6 Å². The lowest BCUT2D eigenvalue weighted by Gasteiger charge is -2.39. The number of rotatable bonds is 7. The van der Waals surface area contributed by atoms with Crippen LogP contribution in [0.3, 0.4) is 0 Å². The molecule has 0 spiro atoms. The van der Waals surface area contributed by atoms with E-state index in [2.05, 4.69) is 71.6 Å². The monoisotopic (exact) mass is 550 g/mol. The van der Waals surface area contributed by atoms with Crippen LogP contribution in [0, 0.1) is 6.57 Å². The molecule has 0 radical (unpaired) electrons. The number of anilines is 1. The lowest BCUT2D eigenvalue weighted by molar-refractivity contribution is -0.128. The van der Waals surface area contributed by atoms with Crippen LogP contribution in [0.1, 0.15) is 43.2 Å². The Bertz CT molecular complexity index is 1510. The molecule has 8 heteroatoms. The number of ether oxygens (including phenoxy) is 1. The van der Waals surface area contributed by atoms with Crippen LogP contribution in [0.25, 0.3) is 26.9 Å². The van der Waals surface area contributed by atoms with E-state index in [0.29, 0.717) is 44.2 Å². The van der Waals surface area contributed by atoms with Gasteiger partial charge in [-0.3, -0.25) is 4.79 Å². The Morgan fingerprint density at radius 1 is 1.17 bits per heavy atom. The fourth-order valence-electron chi connectivity index (χ4n) is 6.82. The Labute approximate surface area is 242 Å². The molecule has 0 saturated carbocycles. The molecule has 0 N–H and O–H groups in total. The van der Waals surface area contributed by atoms with Gasteiger partial charge in [-0.15, -0.1) is 0 Å². The smallest absolute Gasteiger partial charge is 0.319 e. The Kier molecular flexibility index (Phi) is 7.63. The van der Waals surface area contributed by atoms with Crippen LogP contribution in [0.4, 0.5) is 5.82 Å². The molecule has 1 amide bonds. The molecule has 3 aliphatic rings. The normalized spacial score (nSPS) is 22.5. The number of fused-ring (bicyclic) bond motifs is 2. The van der Waals surface area contributed by atoms with E-state index in [-0.39, 0.29) is 18.5 Å². The van der Waals surface area contributed by atoms with Gasteiger partial charge in [-0.05, 0) is 85.7 Å². The molecule has 8 nitrogen and oxygen atoms in total. The van der Waals surface area contributed by atoms with Gasteiger partial charge >= 0.3 is 6.01 Å². The minimum Gasteiger partial charge on any atom is -0.462 e. The van der Waals surface area contributed by atoms with Crippen molar-refractivity contribution in [3.8, 4) is 17.1 Å². The van der Waals surface area contributed by atoms with Crippen molar-refractivity contribution >= 4 is 22.6 Å². The third kappa shape index (κ3) is 5.27. The van der Waals surface area contributed by atoms with Gasteiger partial charge in [-0.2, -0.15) is 9.97 Å². The number of likely N-dealkylation sites (tertiary alicyclic amines) is 1. The van der Waals surface area contributed by atoms with Crippen LogP contribution in [0.5, 0.6) is 6.01 Å². The number of amides is 1. The first-order chi connectivity index (χ1) is 20.0. The van der Waals surface area contributed by atoms with E-state index in [4.69, 9.17) is 21.3 Å². The summed E-state index contributed by atoms with van der Waals surface area (Å²) in [5.74, 6) is 1.20. The number of hydrogen-bond donors (Lipinski definition) is 0. The number of aryl methyl sites for hydroxylation is 1. The number of benzene rings is 2. The highest BCUT2D eigenvalue weighted by molar-refractivity contribution is 5.93. The SMILES string of the molecule is [C-]#[N+]C[C@H]1CN(c2nc(OC[C@@H]3CCCN3C)nc3cc(-c4cccc5c4C(C)CC5)ccc23)CCN1C(=O)C=C. The van der Waals surface area contributed by atoms with E-state index in [1.54, 1.807) is 4.90 Å². The first-order valence-electron chi connectivity index (χ1n) is 14.7. The number of aromatic nitrogens is 2. The minimum atomic E-state index is -0.235. The van der Waals surface area contributed by atoms with E-state index < -0.39 is 0 Å². The summed E-state index contributed by atoms with van der Waals surface area (Å²) in [6.07, 6.45) is 5.93. The molecule has 2 aliphatic heterocycles. The van der Waals surface area contributed by atoms with E-state index in [0.717, 1.165) is 41.7 Å². The van der Waals surface area contributed by atoms with Crippen molar-refractivity contribution in [2.24, 2.45) is 0 Å². The molecular formula is C33H38N6O2. The van der Waals surface area contributed by atoms with Gasteiger partial charge in [0.1, 0.15) is 18.5 Å². The molecule has 2 aromatic carbocycles. The zero-order valence-corrected chi connectivity index (χ0v) is 24.1. The fourth-order valence-corrected chi connectivity index (χ4v) is 6.82. The van der Waals surface area contributed by atoms with Crippen LogP contribution in [0.15, 0.2) is 49.1 Å². The summed E-state index contributed by atoms with van der Waals surface area (Å²) in [5.41, 5.74) is 6.17. The summed E-state index contributed by atoms with van der Waals surface area (Å²) in [5, 5.41) is 0.949. The molecule has 3 atom stereocenters. The van der Waals surface area contributed by atoms with Gasteiger partial charge in [0.2, 0.25) is 12.5 Å². The number of hydrogen-bond acceptors (Lipinski definition) is 6. The third-order valence-corrected chi connectivity index (χ3v) is 9.12. The van der Waals surface area contributed by atoms with Crippen molar-refractivity contribution in [1.82, 2.24) is 19.8 Å². The fraction of sp³-hybridized carbons (Fsp3) is 0.455. The van der Waals surface area contributed by atoms with E-state index in [9.17, 15) is 4.79 Å². The van der Waals surface area contributed by atoms with Crippen molar-refractivity contribution in [3.05, 3.63) is 71.6 Å². The van der Waals surface area contributed by atoms with Gasteiger partial charge in [0.05, 0.1) is 5.52 Å². The number of nitrogens with zero attached hydrogens (tertiary/aromatic N) is 6. The summed E-state index contributed by atoms with van der Waals surface area (Å²) < 4.78 is 6.27. The molecule has 3 heterocycles. The minimum absolute atomic E-state index is 0.134. The highest BCUT2D eigenvalue weighted by Gasteiger charge is 2.33. The van der Waals surface area contributed by atoms with Gasteiger partial charge in [0, 0.05) is 31.1 Å². The molecule has 41 heavy (non-hydrogen) atoms. The highest BCUT2D eigenvalue weighted by atomic mass is 16.5. The quantitative estimate of drug-likeness (QED) is 0.307. The lowest BCUT2D eigenvalue weighted by Crippen LogP contribution is -2.56. The van der Waals surface area contributed by atoms with E-state index in [1.165, 1.54) is 35.6 Å². The van der Waals surface area contributed by atoms with Gasteiger partial charge < -0.3 is 24.3 Å². The number of piperazine rings is 1. The average Bonchev–Trinajstić information content (AvgIpc) is 3.59. The molecular weight excluding hydrogens is 512 g/mol. The maximum atomic E-state index is 12.5. The first kappa shape index (κ1) is 27.2. The van der Waals surface area contributed by atoms with Crippen molar-refractivity contribution in [2.75, 3.05) is 51.3 Å². The maximum absolute atomic E-state index is 12.5. The van der Waals surface area contributed by atoms with Crippen LogP contribution in [-0.2, 0) is 11.2 Å². The number of likely N-dealkylation sites (N-methyl/N-ethyl adjacent to an activating group) is 1. The Morgan fingerprint density at radius 2 is 2.05 bits per heavy atom. The highest BCUT2D eigenvalue weighted by Crippen LogP contribution is 2.41. The number of carbonyl (C=O) groups excluding carboxylic acids is 1. The molecule has 6 rings (SSSR count). The second kappa shape index (κ2) is 11.5. The van der Waals surface area contributed by atoms with Gasteiger partial charge in [-0.25, -0.2) is 6.57 Å². The largest absolute Gasteiger partial charge is 0.462 e. The average molecular weight is 551 g/mol. The molecule has 2 saturated heterocycles. The topological polar surface area (TPSA) is 66.2 Å². The van der Waals surface area contributed by atoms with Crippen molar-refractivity contribution < 1.29 is 9.53 Å². The molecule has 3 aromatic rings. The van der Waals surface area contributed by atoms with Crippen LogP contribution < -0.4 is 9.64 Å². The van der Waals surface area contributed by atoms with E-state index >= 15 is 0 Å². The second-order valence-electron chi connectivity index (χ2n) is 11.6. The molecule has 2 fully saturated rings. The van der Waals surface area contributed by atoms with Crippen molar-refractivity contribution in [1.29, 1.82) is 0 Å². The molecule has 0 bridgehead atoms. The molecule has 212 valence electrons. The summed E-state index contributed by atoms with van der Waals surface area (Å²) in [6, 6.07) is 13.6. The zero-order chi connectivity index (χ0) is 28.5. The predicted octanol–water partition coefficient (Wildman–Crippen LogP) is 4.94. The van der Waals surface area contributed by atoms with Crippen LogP contribution in [-0.4, -0.2) is 84.1 Å². The van der Waals surface area contributed by atoms with Crippen LogP contribution >= 0.6 is 0 Å². The summed E-state index contributed by atoms with van der Waals surface area (Å²) in [6.45, 7) is 16.9. The summed E-state index contributed by atoms with van der Waals surface area (Å²) in [7, 11) is 2.14. The van der Waals surface area contributed by atoms with E-state index in [1.807, 2.05) is 0 Å². The zero-order valence-electron chi connectivity index (χ0n) is 24.1. The van der Waals surface area contributed by atoms with Gasteiger partial charge in [0.15, 0.2) is 0 Å². The second-order valence-corrected chi connectivity index (χ2v) is 11.6. The summed E-state index contributed by atoms with van der Waals surface area (Å²) in [4.78, 5) is 32.3. The van der Waals surface area contributed by atoms with Crippen molar-refractivity contribution in [3.63, 3.8) is 0 Å². The first-order valence-corrected chi connectivity index (χ1v) is 14.7. The molecule has 1 unspecified atom stereocenters. The Morgan fingerprint density at radius 3 is 2.83 bits per heavy atom. The van der Waals surface area contributed by atoms with Gasteiger partial charge in [-0.1, -0.05) is 37.8 Å². The van der Waals surface area contributed by atoms with Gasteiger partial charge in [0.25, 0.3) is 0 Å². The Balaban J connectivity index is 1.39. The maximum Gasteiger partial charge on any atom is 0.319 e. The molecule has 1 aliphatic carbocycles. The third-order valence-electron chi connectivity index (χ3n) is 9.12. The van der Waals surface area contributed by atoms with Crippen LogP contribution in [0.2, 0.25) is 0 Å².